The van der Waals surface area contributed by atoms with Crippen molar-refractivity contribution in [2.75, 3.05) is 0 Å². The molecule has 2 aliphatic heterocycles. The van der Waals surface area contributed by atoms with Gasteiger partial charge in [0.2, 0.25) is 0 Å². The smallest absolute Gasteiger partial charge is 0.170 e. The molecule has 0 saturated carbocycles. The number of hydrogen-bond acceptors (Lipinski definition) is 3. The molecule has 8 atom stereocenters. The summed E-state index contributed by atoms with van der Waals surface area (Å²) in [6.45, 7) is 9.91. The zero-order chi connectivity index (χ0) is 27.8. The van der Waals surface area contributed by atoms with E-state index in [4.69, 9.17) is 4.74 Å². The Labute approximate surface area is 239 Å². The van der Waals surface area contributed by atoms with Crippen molar-refractivity contribution in [1.82, 2.24) is 0 Å². The molecule has 1 fully saturated rings. The Balaban J connectivity index is 1.27. The van der Waals surface area contributed by atoms with E-state index >= 15 is 0 Å². The van der Waals surface area contributed by atoms with Gasteiger partial charge in [0, 0.05) is 32.8 Å². The van der Waals surface area contributed by atoms with Crippen LogP contribution in [0.3, 0.4) is 0 Å². The molecule has 0 aromatic heterocycles. The normalized spacial score (nSPS) is 39.1. The SMILES string of the molecule is CC12c3ccccc3[C@@]3(C)c4cc5c(cc4[C@@](C)(c4ccccc41)C23C)[C@H]1O[C@@H]5[C@H]2C(=O)c3ccccc3C(=O)[C@H]21. The first kappa shape index (κ1) is 22.8. The van der Waals surface area contributed by atoms with E-state index in [-0.39, 0.29) is 45.4 Å². The van der Waals surface area contributed by atoms with Crippen LogP contribution in [-0.4, -0.2) is 11.6 Å². The summed E-state index contributed by atoms with van der Waals surface area (Å²) in [5.74, 6) is -0.790. The van der Waals surface area contributed by atoms with Gasteiger partial charge >= 0.3 is 0 Å². The molecule has 0 radical (unpaired) electrons. The van der Waals surface area contributed by atoms with Crippen molar-refractivity contribution in [2.24, 2.45) is 17.3 Å². The first-order valence-electron chi connectivity index (χ1n) is 14.9. The van der Waals surface area contributed by atoms with Crippen molar-refractivity contribution in [3.05, 3.63) is 141 Å². The fourth-order valence-electron chi connectivity index (χ4n) is 11.3. The first-order chi connectivity index (χ1) is 19.7. The monoisotopic (exact) mass is 534 g/mol. The van der Waals surface area contributed by atoms with Gasteiger partial charge in [-0.25, -0.2) is 0 Å². The molecule has 10 rings (SSSR count). The number of fused-ring (bicyclic) bond motifs is 18. The molecule has 41 heavy (non-hydrogen) atoms. The molecule has 3 nitrogen and oxygen atoms in total. The molecule has 0 amide bonds. The molecular formula is C38H30O3. The number of hydrogen-bond donors (Lipinski definition) is 0. The van der Waals surface area contributed by atoms with Crippen molar-refractivity contribution in [2.45, 2.75) is 56.1 Å². The van der Waals surface area contributed by atoms with Gasteiger partial charge in [-0.05, 0) is 44.5 Å². The molecule has 6 aliphatic rings. The third-order valence-electron chi connectivity index (χ3n) is 13.3. The van der Waals surface area contributed by atoms with E-state index in [9.17, 15) is 9.59 Å². The molecule has 0 N–H and O–H groups in total. The topological polar surface area (TPSA) is 43.4 Å². The lowest BCUT2D eigenvalue weighted by Gasteiger charge is -2.49. The van der Waals surface area contributed by atoms with Gasteiger partial charge in [0.15, 0.2) is 11.6 Å². The van der Waals surface area contributed by atoms with Crippen molar-refractivity contribution in [1.29, 1.82) is 0 Å². The highest BCUT2D eigenvalue weighted by molar-refractivity contribution is 6.17. The van der Waals surface area contributed by atoms with E-state index in [0.29, 0.717) is 11.1 Å². The minimum atomic E-state index is -0.449. The minimum Gasteiger partial charge on any atom is -0.364 e. The number of rotatable bonds is 0. The summed E-state index contributed by atoms with van der Waals surface area (Å²) in [7, 11) is 0. The van der Waals surface area contributed by atoms with Crippen LogP contribution in [0.15, 0.2) is 84.9 Å². The summed E-state index contributed by atoms with van der Waals surface area (Å²) in [4.78, 5) is 27.7. The van der Waals surface area contributed by atoms with Crippen LogP contribution in [0.5, 0.6) is 0 Å². The van der Waals surface area contributed by atoms with E-state index in [1.165, 1.54) is 33.4 Å². The van der Waals surface area contributed by atoms with Crippen molar-refractivity contribution >= 4 is 11.6 Å². The van der Waals surface area contributed by atoms with Gasteiger partial charge in [0.25, 0.3) is 0 Å². The average molecular weight is 535 g/mol. The molecule has 4 aromatic rings. The van der Waals surface area contributed by atoms with Crippen LogP contribution < -0.4 is 0 Å². The second-order valence-corrected chi connectivity index (χ2v) is 13.9. The molecular weight excluding hydrogens is 504 g/mol. The van der Waals surface area contributed by atoms with Crippen LogP contribution in [0.2, 0.25) is 0 Å². The zero-order valence-electron chi connectivity index (χ0n) is 23.6. The maximum atomic E-state index is 13.8. The van der Waals surface area contributed by atoms with E-state index in [0.717, 1.165) is 11.1 Å². The molecule has 2 heterocycles. The number of Topliss-reactive ketones (excluding diaryl/α,β-unsaturated/α-hetero) is 2. The van der Waals surface area contributed by atoms with Crippen LogP contribution >= 0.6 is 0 Å². The van der Waals surface area contributed by atoms with Crippen molar-refractivity contribution in [3.8, 4) is 0 Å². The molecule has 1 saturated heterocycles. The number of carbonyl (C=O) groups excluding carboxylic acids is 2. The molecule has 2 unspecified atom stereocenters. The lowest BCUT2D eigenvalue weighted by Crippen LogP contribution is -2.51. The summed E-state index contributed by atoms with van der Waals surface area (Å²) in [5, 5.41) is 0. The summed E-state index contributed by atoms with van der Waals surface area (Å²) >= 11 is 0. The minimum absolute atomic E-state index is 0.0542. The highest BCUT2D eigenvalue weighted by Gasteiger charge is 2.80. The summed E-state index contributed by atoms with van der Waals surface area (Å²) < 4.78 is 6.64. The Morgan fingerprint density at radius 1 is 0.512 bits per heavy atom. The zero-order valence-corrected chi connectivity index (χ0v) is 23.6. The number of ether oxygens (including phenoxy) is 1. The van der Waals surface area contributed by atoms with E-state index in [1.54, 1.807) is 12.1 Å². The Kier molecular flexibility index (Phi) is 3.60. The number of carbonyl (C=O) groups is 2. The van der Waals surface area contributed by atoms with E-state index in [1.807, 2.05) is 12.1 Å². The van der Waals surface area contributed by atoms with Gasteiger partial charge in [0.05, 0.1) is 24.0 Å². The van der Waals surface area contributed by atoms with Gasteiger partial charge in [-0.3, -0.25) is 9.59 Å². The Morgan fingerprint density at radius 2 is 0.854 bits per heavy atom. The number of benzene rings is 4. The molecule has 200 valence electrons. The summed E-state index contributed by atoms with van der Waals surface area (Å²) in [6, 6.07) is 30.2. The lowest BCUT2D eigenvalue weighted by atomic mass is 9.52. The van der Waals surface area contributed by atoms with Crippen LogP contribution in [0, 0.1) is 17.3 Å². The van der Waals surface area contributed by atoms with Gasteiger partial charge in [-0.2, -0.15) is 0 Å². The standard InChI is InChI=1S/C38H30O3/c1-35-23-13-7-9-15-25(23)36(2)27-17-21-22(18-28(27)37(3,38(35,36)4)26-16-10-8-14-24(26)35)34-30-29(33(21)41-34)31(39)19-11-5-6-12-20(19)32(30)40/h5-18,29-30,33-34H,1-4H3/t29-,30+,33+,34-,35?,36+,37-,38?. The quantitative estimate of drug-likeness (QED) is 0.236. The Hall–Kier alpha value is -3.82. The fourth-order valence-corrected chi connectivity index (χ4v) is 11.3. The fraction of sp³-hybridized carbons (Fsp3) is 0.316. The molecule has 2 bridgehead atoms. The predicted molar refractivity (Wildman–Crippen MR) is 155 cm³/mol. The van der Waals surface area contributed by atoms with Crippen LogP contribution in [0.4, 0.5) is 0 Å². The lowest BCUT2D eigenvalue weighted by molar-refractivity contribution is 0.0508. The second-order valence-electron chi connectivity index (χ2n) is 13.9. The van der Waals surface area contributed by atoms with Crippen LogP contribution in [0.1, 0.15) is 105 Å². The third kappa shape index (κ3) is 1.93. The van der Waals surface area contributed by atoms with Gasteiger partial charge in [0.1, 0.15) is 0 Å². The molecule has 4 aliphatic carbocycles. The second kappa shape index (κ2) is 6.47. The highest BCUT2D eigenvalue weighted by Crippen LogP contribution is 2.82. The van der Waals surface area contributed by atoms with Crippen LogP contribution in [-0.2, 0) is 21.0 Å². The van der Waals surface area contributed by atoms with Gasteiger partial charge in [-0.1, -0.05) is 113 Å². The maximum absolute atomic E-state index is 13.8. The number of ketones is 2. The Bertz CT molecular complexity index is 1830. The molecule has 0 spiro atoms. The maximum Gasteiger partial charge on any atom is 0.170 e. The predicted octanol–water partition coefficient (Wildman–Crippen LogP) is 7.39. The van der Waals surface area contributed by atoms with E-state index in [2.05, 4.69) is 88.4 Å². The van der Waals surface area contributed by atoms with Crippen molar-refractivity contribution < 1.29 is 14.3 Å². The third-order valence-corrected chi connectivity index (χ3v) is 13.3. The highest BCUT2D eigenvalue weighted by atomic mass is 16.5. The average Bonchev–Trinajstić information content (AvgIpc) is 3.69. The first-order valence-corrected chi connectivity index (χ1v) is 14.9. The largest absolute Gasteiger partial charge is 0.364 e. The molecule has 4 aromatic carbocycles. The Morgan fingerprint density at radius 3 is 1.24 bits per heavy atom. The summed E-state index contributed by atoms with van der Waals surface area (Å²) in [5.41, 5.74) is 10.9. The molecule has 3 heteroatoms. The van der Waals surface area contributed by atoms with Gasteiger partial charge < -0.3 is 4.74 Å². The van der Waals surface area contributed by atoms with E-state index < -0.39 is 11.8 Å². The summed E-state index contributed by atoms with van der Waals surface area (Å²) in [6.07, 6.45) is -0.759. The van der Waals surface area contributed by atoms with Crippen molar-refractivity contribution in [3.63, 3.8) is 0 Å². The van der Waals surface area contributed by atoms with Gasteiger partial charge in [-0.15, -0.1) is 0 Å². The van der Waals surface area contributed by atoms with Crippen LogP contribution in [0.25, 0.3) is 0 Å².